The Labute approximate surface area is 70.6 Å². The summed E-state index contributed by atoms with van der Waals surface area (Å²) in [6, 6.07) is 0.516. The third-order valence-corrected chi connectivity index (χ3v) is 1.67. The van der Waals surface area contributed by atoms with Crippen molar-refractivity contribution in [1.82, 2.24) is 5.32 Å². The second-order valence-corrected chi connectivity index (χ2v) is 3.32. The highest BCUT2D eigenvalue weighted by Gasteiger charge is 2.03. The molecule has 0 fully saturated rings. The lowest BCUT2D eigenvalue weighted by molar-refractivity contribution is 0.458. The van der Waals surface area contributed by atoms with Gasteiger partial charge in [-0.25, -0.2) is 0 Å². The highest BCUT2D eigenvalue weighted by atomic mass is 14.9. The Bertz CT molecular complexity index is 121. The van der Waals surface area contributed by atoms with Crippen LogP contribution in [0.5, 0.6) is 0 Å². The normalized spacial score (nSPS) is 13.0. The average molecular weight is 153 g/mol. The first-order valence-corrected chi connectivity index (χ1v) is 4.37. The van der Waals surface area contributed by atoms with Crippen LogP contribution in [0.25, 0.3) is 0 Å². The molecule has 0 saturated heterocycles. The predicted molar refractivity (Wildman–Crippen MR) is 50.4 cm³/mol. The van der Waals surface area contributed by atoms with Gasteiger partial charge in [-0.3, -0.25) is 0 Å². The molecule has 0 aromatic heterocycles. The Balaban J connectivity index is 3.45. The van der Waals surface area contributed by atoms with Crippen molar-refractivity contribution in [1.29, 1.82) is 0 Å². The highest BCUT2D eigenvalue weighted by molar-refractivity contribution is 4.89. The van der Waals surface area contributed by atoms with Gasteiger partial charge in [-0.1, -0.05) is 20.8 Å². The lowest BCUT2D eigenvalue weighted by Crippen LogP contribution is -2.31. The number of hydrogen-bond donors (Lipinski definition) is 1. The van der Waals surface area contributed by atoms with Gasteiger partial charge >= 0.3 is 0 Å². The van der Waals surface area contributed by atoms with E-state index in [1.807, 2.05) is 0 Å². The molecule has 0 aliphatic heterocycles. The summed E-state index contributed by atoms with van der Waals surface area (Å²) in [4.78, 5) is 0. The molecule has 0 heterocycles. The van der Waals surface area contributed by atoms with Crippen molar-refractivity contribution in [2.75, 3.05) is 6.54 Å². The van der Waals surface area contributed by atoms with Crippen molar-refractivity contribution in [3.8, 4) is 12.3 Å². The zero-order valence-corrected chi connectivity index (χ0v) is 7.85. The molecule has 0 aromatic rings. The minimum Gasteiger partial charge on any atom is -0.313 e. The van der Waals surface area contributed by atoms with E-state index in [1.54, 1.807) is 0 Å². The molecule has 0 aromatic carbocycles. The molecular formula is C10H19N. The van der Waals surface area contributed by atoms with E-state index in [4.69, 9.17) is 6.42 Å². The van der Waals surface area contributed by atoms with Gasteiger partial charge in [0.05, 0.1) is 0 Å². The summed E-state index contributed by atoms with van der Waals surface area (Å²) < 4.78 is 0. The summed E-state index contributed by atoms with van der Waals surface area (Å²) in [7, 11) is 0. The molecule has 11 heavy (non-hydrogen) atoms. The van der Waals surface area contributed by atoms with E-state index >= 15 is 0 Å². The van der Waals surface area contributed by atoms with Crippen LogP contribution in [-0.4, -0.2) is 12.6 Å². The summed E-state index contributed by atoms with van der Waals surface area (Å²) in [5, 5.41) is 3.43. The monoisotopic (exact) mass is 153 g/mol. The van der Waals surface area contributed by atoms with Gasteiger partial charge in [-0.2, -0.15) is 0 Å². The zero-order chi connectivity index (χ0) is 8.69. The minimum atomic E-state index is 0.516. The second-order valence-electron chi connectivity index (χ2n) is 3.32. The molecule has 1 unspecified atom stereocenters. The fraction of sp³-hybridized carbons (Fsp3) is 0.800. The number of terminal acetylenes is 1. The number of rotatable bonds is 5. The molecule has 0 aliphatic rings. The molecule has 0 saturated carbocycles. The van der Waals surface area contributed by atoms with Crippen molar-refractivity contribution in [3.63, 3.8) is 0 Å². The Morgan fingerprint density at radius 3 is 2.45 bits per heavy atom. The molecule has 1 heteroatoms. The summed E-state index contributed by atoms with van der Waals surface area (Å²) >= 11 is 0. The number of hydrogen-bond acceptors (Lipinski definition) is 1. The van der Waals surface area contributed by atoms with Crippen molar-refractivity contribution in [2.24, 2.45) is 5.92 Å². The summed E-state index contributed by atoms with van der Waals surface area (Å²) in [5.41, 5.74) is 0. The van der Waals surface area contributed by atoms with Gasteiger partial charge in [0.15, 0.2) is 0 Å². The maximum Gasteiger partial charge on any atom is 0.0240 e. The highest BCUT2D eigenvalue weighted by Crippen LogP contribution is 1.97. The molecule has 0 amide bonds. The van der Waals surface area contributed by atoms with Crippen molar-refractivity contribution < 1.29 is 0 Å². The van der Waals surface area contributed by atoms with Gasteiger partial charge in [-0.15, -0.1) is 12.3 Å². The van der Waals surface area contributed by atoms with Crippen LogP contribution >= 0.6 is 0 Å². The Morgan fingerprint density at radius 1 is 1.45 bits per heavy atom. The molecule has 0 bridgehead atoms. The maximum absolute atomic E-state index is 5.22. The SMILES string of the molecule is C#CCC(CC)NCC(C)C. The molecule has 0 aliphatic carbocycles. The van der Waals surface area contributed by atoms with E-state index in [1.165, 1.54) is 0 Å². The predicted octanol–water partition coefficient (Wildman–Crippen LogP) is 2.03. The van der Waals surface area contributed by atoms with Gasteiger partial charge in [0.2, 0.25) is 0 Å². The lowest BCUT2D eigenvalue weighted by Gasteiger charge is -2.15. The molecular weight excluding hydrogens is 134 g/mol. The second kappa shape index (κ2) is 6.24. The quantitative estimate of drug-likeness (QED) is 0.596. The van der Waals surface area contributed by atoms with E-state index in [0.29, 0.717) is 12.0 Å². The molecule has 0 rings (SSSR count). The maximum atomic E-state index is 5.22. The summed E-state index contributed by atoms with van der Waals surface area (Å²) in [6.07, 6.45) is 7.19. The standard InChI is InChI=1S/C10H19N/c1-5-7-10(6-2)11-8-9(3)4/h1,9-11H,6-8H2,2-4H3. The lowest BCUT2D eigenvalue weighted by atomic mass is 10.1. The summed E-state index contributed by atoms with van der Waals surface area (Å²) in [6.45, 7) is 7.64. The minimum absolute atomic E-state index is 0.516. The van der Waals surface area contributed by atoms with E-state index < -0.39 is 0 Å². The Kier molecular flexibility index (Phi) is 5.97. The van der Waals surface area contributed by atoms with Crippen molar-refractivity contribution in [2.45, 2.75) is 39.7 Å². The molecule has 64 valence electrons. The smallest absolute Gasteiger partial charge is 0.0240 e. The third kappa shape index (κ3) is 5.94. The van der Waals surface area contributed by atoms with Crippen LogP contribution in [0.3, 0.4) is 0 Å². The first-order chi connectivity index (χ1) is 5.20. The fourth-order valence-electron chi connectivity index (χ4n) is 0.905. The zero-order valence-electron chi connectivity index (χ0n) is 7.85. The molecule has 0 radical (unpaired) electrons. The van der Waals surface area contributed by atoms with Crippen LogP contribution in [0.4, 0.5) is 0 Å². The molecule has 1 atom stereocenters. The fourth-order valence-corrected chi connectivity index (χ4v) is 0.905. The van der Waals surface area contributed by atoms with Crippen LogP contribution in [0.1, 0.15) is 33.6 Å². The van der Waals surface area contributed by atoms with Gasteiger partial charge < -0.3 is 5.32 Å². The van der Waals surface area contributed by atoms with E-state index in [0.717, 1.165) is 19.4 Å². The molecule has 0 spiro atoms. The van der Waals surface area contributed by atoms with Gasteiger partial charge in [0, 0.05) is 12.5 Å². The molecule has 1 N–H and O–H groups in total. The Hall–Kier alpha value is -0.480. The first kappa shape index (κ1) is 10.5. The van der Waals surface area contributed by atoms with Gasteiger partial charge in [0.1, 0.15) is 0 Å². The van der Waals surface area contributed by atoms with E-state index in [-0.39, 0.29) is 0 Å². The van der Waals surface area contributed by atoms with Crippen LogP contribution in [0, 0.1) is 18.3 Å². The number of nitrogens with one attached hydrogen (secondary N) is 1. The van der Waals surface area contributed by atoms with Crippen LogP contribution in [0.2, 0.25) is 0 Å². The topological polar surface area (TPSA) is 12.0 Å². The van der Waals surface area contributed by atoms with Gasteiger partial charge in [0.25, 0.3) is 0 Å². The summed E-state index contributed by atoms with van der Waals surface area (Å²) in [5.74, 6) is 3.39. The average Bonchev–Trinajstić information content (AvgIpc) is 1.97. The third-order valence-electron chi connectivity index (χ3n) is 1.67. The van der Waals surface area contributed by atoms with E-state index in [9.17, 15) is 0 Å². The van der Waals surface area contributed by atoms with Crippen molar-refractivity contribution >= 4 is 0 Å². The van der Waals surface area contributed by atoms with Crippen LogP contribution in [-0.2, 0) is 0 Å². The largest absolute Gasteiger partial charge is 0.313 e. The van der Waals surface area contributed by atoms with Crippen molar-refractivity contribution in [3.05, 3.63) is 0 Å². The van der Waals surface area contributed by atoms with Gasteiger partial charge in [-0.05, 0) is 18.9 Å². The Morgan fingerprint density at radius 2 is 2.09 bits per heavy atom. The van der Waals surface area contributed by atoms with E-state index in [2.05, 4.69) is 32.0 Å². The van der Waals surface area contributed by atoms with Crippen LogP contribution < -0.4 is 5.32 Å². The molecule has 1 nitrogen and oxygen atoms in total. The first-order valence-electron chi connectivity index (χ1n) is 4.37. The van der Waals surface area contributed by atoms with Crippen LogP contribution in [0.15, 0.2) is 0 Å².